The average molecular weight is 329 g/mol. The molecule has 6 heteroatoms. The molecule has 25 heavy (non-hydrogen) atoms. The summed E-state index contributed by atoms with van der Waals surface area (Å²) in [6.45, 7) is 2.00. The zero-order valence-corrected chi connectivity index (χ0v) is 13.5. The van der Waals surface area contributed by atoms with Gasteiger partial charge < -0.3 is 9.84 Å². The van der Waals surface area contributed by atoms with Gasteiger partial charge in [-0.3, -0.25) is 9.97 Å². The Kier molecular flexibility index (Phi) is 3.92. The summed E-state index contributed by atoms with van der Waals surface area (Å²) >= 11 is 0. The number of pyridine rings is 2. The third kappa shape index (κ3) is 3.37. The number of benzene rings is 1. The van der Waals surface area contributed by atoms with E-state index >= 15 is 0 Å². The largest absolute Gasteiger partial charge is 0.354 e. The van der Waals surface area contributed by atoms with Crippen LogP contribution in [0.25, 0.3) is 23.0 Å². The number of nitrogens with one attached hydrogen (secondary N) is 1. The van der Waals surface area contributed by atoms with Gasteiger partial charge in [-0.2, -0.15) is 4.98 Å². The molecular formula is C19H15N5O. The fraction of sp³-hybridized carbons (Fsp3) is 0.0526. The molecule has 0 bridgehead atoms. The molecule has 3 heterocycles. The van der Waals surface area contributed by atoms with Gasteiger partial charge in [0, 0.05) is 23.6 Å². The topological polar surface area (TPSA) is 76.7 Å². The van der Waals surface area contributed by atoms with E-state index in [0.29, 0.717) is 17.4 Å². The quantitative estimate of drug-likeness (QED) is 0.603. The summed E-state index contributed by atoms with van der Waals surface area (Å²) in [6.07, 6.45) is 5.25. The highest BCUT2D eigenvalue weighted by molar-refractivity contribution is 5.64. The highest BCUT2D eigenvalue weighted by Gasteiger charge is 2.11. The Labute approximate surface area is 144 Å². The average Bonchev–Trinajstić information content (AvgIpc) is 3.13. The van der Waals surface area contributed by atoms with Crippen LogP contribution < -0.4 is 5.32 Å². The molecule has 0 radical (unpaired) electrons. The maximum absolute atomic E-state index is 5.37. The second-order valence-electron chi connectivity index (χ2n) is 5.59. The lowest BCUT2D eigenvalue weighted by atomic mass is 10.2. The summed E-state index contributed by atoms with van der Waals surface area (Å²) in [5.74, 6) is 0.947. The monoisotopic (exact) mass is 329 g/mol. The molecule has 122 valence electrons. The molecule has 0 aliphatic rings. The Hall–Kier alpha value is -3.54. The molecule has 4 rings (SSSR count). The molecule has 1 aromatic carbocycles. The van der Waals surface area contributed by atoms with Crippen molar-refractivity contribution < 1.29 is 4.52 Å². The van der Waals surface area contributed by atoms with Crippen LogP contribution >= 0.6 is 0 Å². The Morgan fingerprint density at radius 3 is 2.60 bits per heavy atom. The zero-order chi connectivity index (χ0) is 17.1. The highest BCUT2D eigenvalue weighted by atomic mass is 16.5. The maximum atomic E-state index is 5.37. The van der Waals surface area contributed by atoms with Crippen molar-refractivity contribution in [1.82, 2.24) is 20.1 Å². The van der Waals surface area contributed by atoms with Gasteiger partial charge in [-0.25, -0.2) is 0 Å². The first-order chi connectivity index (χ1) is 12.3. The van der Waals surface area contributed by atoms with Crippen molar-refractivity contribution in [2.45, 2.75) is 6.92 Å². The summed E-state index contributed by atoms with van der Waals surface area (Å²) in [5, 5.41) is 7.30. The molecule has 4 aromatic rings. The van der Waals surface area contributed by atoms with Gasteiger partial charge in [-0.15, -0.1) is 0 Å². The van der Waals surface area contributed by atoms with Gasteiger partial charge in [0.2, 0.25) is 5.82 Å². The van der Waals surface area contributed by atoms with Crippen LogP contribution in [0.2, 0.25) is 0 Å². The third-order valence-electron chi connectivity index (χ3n) is 3.65. The predicted molar refractivity (Wildman–Crippen MR) is 95.2 cm³/mol. The lowest BCUT2D eigenvalue weighted by molar-refractivity contribution is 0.432. The van der Waals surface area contributed by atoms with Crippen LogP contribution in [0.5, 0.6) is 0 Å². The molecule has 0 saturated carbocycles. The molecule has 0 unspecified atom stereocenters. The number of aryl methyl sites for hydroxylation is 1. The molecule has 0 saturated heterocycles. The van der Waals surface area contributed by atoms with Crippen molar-refractivity contribution >= 4 is 11.4 Å². The summed E-state index contributed by atoms with van der Waals surface area (Å²) in [6, 6.07) is 15.5. The van der Waals surface area contributed by atoms with Gasteiger partial charge in [0.05, 0.1) is 11.9 Å². The van der Waals surface area contributed by atoms with Crippen LogP contribution in [-0.4, -0.2) is 20.1 Å². The standard InChI is InChI=1S/C19H15N5O/c1-13-8-10-21-17(11-13)18-23-19(25-24-18)14-4-6-15(7-5-14)22-16-3-2-9-20-12-16/h2-12,22H,1H3. The van der Waals surface area contributed by atoms with Gasteiger partial charge in [0.25, 0.3) is 5.89 Å². The van der Waals surface area contributed by atoms with E-state index in [1.807, 2.05) is 55.5 Å². The van der Waals surface area contributed by atoms with Crippen molar-refractivity contribution in [3.63, 3.8) is 0 Å². The van der Waals surface area contributed by atoms with Crippen molar-refractivity contribution in [2.75, 3.05) is 5.32 Å². The zero-order valence-electron chi connectivity index (χ0n) is 13.5. The number of aromatic nitrogens is 4. The molecule has 0 fully saturated rings. The SMILES string of the molecule is Cc1ccnc(-c2noc(-c3ccc(Nc4cccnc4)cc3)n2)c1. The maximum Gasteiger partial charge on any atom is 0.258 e. The molecule has 3 aromatic heterocycles. The van der Waals surface area contributed by atoms with E-state index in [9.17, 15) is 0 Å². The van der Waals surface area contributed by atoms with E-state index in [1.165, 1.54) is 0 Å². The minimum absolute atomic E-state index is 0.464. The fourth-order valence-corrected chi connectivity index (χ4v) is 2.40. The molecule has 0 atom stereocenters. The van der Waals surface area contributed by atoms with E-state index in [0.717, 1.165) is 22.5 Å². The number of nitrogens with zero attached hydrogens (tertiary/aromatic N) is 4. The summed E-state index contributed by atoms with van der Waals surface area (Å²) < 4.78 is 5.37. The van der Waals surface area contributed by atoms with Gasteiger partial charge in [0.15, 0.2) is 0 Å². The van der Waals surface area contributed by atoms with Gasteiger partial charge in [0.1, 0.15) is 5.69 Å². The number of hydrogen-bond donors (Lipinski definition) is 1. The Balaban J connectivity index is 1.55. The van der Waals surface area contributed by atoms with Crippen LogP contribution in [0.15, 0.2) is 71.6 Å². The molecule has 0 aliphatic heterocycles. The van der Waals surface area contributed by atoms with Crippen LogP contribution in [0.4, 0.5) is 11.4 Å². The first-order valence-corrected chi connectivity index (χ1v) is 7.82. The minimum Gasteiger partial charge on any atom is -0.354 e. The van der Waals surface area contributed by atoms with Crippen molar-refractivity contribution in [3.05, 3.63) is 72.7 Å². The smallest absolute Gasteiger partial charge is 0.258 e. The highest BCUT2D eigenvalue weighted by Crippen LogP contribution is 2.24. The normalized spacial score (nSPS) is 10.6. The third-order valence-corrected chi connectivity index (χ3v) is 3.65. The first kappa shape index (κ1) is 15.0. The van der Waals surface area contributed by atoms with E-state index in [4.69, 9.17) is 4.52 Å². The lowest BCUT2D eigenvalue weighted by Gasteiger charge is -2.05. The number of anilines is 2. The summed E-state index contributed by atoms with van der Waals surface area (Å²) in [5.41, 5.74) is 4.54. The van der Waals surface area contributed by atoms with E-state index in [2.05, 4.69) is 25.4 Å². The van der Waals surface area contributed by atoms with E-state index < -0.39 is 0 Å². The summed E-state index contributed by atoms with van der Waals surface area (Å²) in [7, 11) is 0. The molecule has 0 aliphatic carbocycles. The van der Waals surface area contributed by atoms with Crippen LogP contribution in [-0.2, 0) is 0 Å². The van der Waals surface area contributed by atoms with Crippen LogP contribution in [0.3, 0.4) is 0 Å². The Morgan fingerprint density at radius 2 is 1.84 bits per heavy atom. The van der Waals surface area contributed by atoms with Crippen LogP contribution in [0.1, 0.15) is 5.56 Å². The second kappa shape index (κ2) is 6.52. The first-order valence-electron chi connectivity index (χ1n) is 7.82. The molecule has 0 spiro atoms. The van der Waals surface area contributed by atoms with Gasteiger partial charge in [-0.05, 0) is 61.0 Å². The van der Waals surface area contributed by atoms with Gasteiger partial charge >= 0.3 is 0 Å². The fourth-order valence-electron chi connectivity index (χ4n) is 2.40. The Bertz CT molecular complexity index is 980. The minimum atomic E-state index is 0.464. The second-order valence-corrected chi connectivity index (χ2v) is 5.59. The molecule has 1 N–H and O–H groups in total. The Morgan fingerprint density at radius 1 is 0.960 bits per heavy atom. The molecular weight excluding hydrogens is 314 g/mol. The van der Waals surface area contributed by atoms with Crippen molar-refractivity contribution in [2.24, 2.45) is 0 Å². The van der Waals surface area contributed by atoms with E-state index in [1.54, 1.807) is 18.6 Å². The van der Waals surface area contributed by atoms with E-state index in [-0.39, 0.29) is 0 Å². The molecule has 0 amide bonds. The summed E-state index contributed by atoms with van der Waals surface area (Å²) in [4.78, 5) is 12.8. The van der Waals surface area contributed by atoms with Crippen molar-refractivity contribution in [1.29, 1.82) is 0 Å². The predicted octanol–water partition coefficient (Wildman–Crippen LogP) is 4.25. The van der Waals surface area contributed by atoms with Crippen LogP contribution in [0, 0.1) is 6.92 Å². The number of hydrogen-bond acceptors (Lipinski definition) is 6. The lowest BCUT2D eigenvalue weighted by Crippen LogP contribution is -1.90. The number of rotatable bonds is 4. The van der Waals surface area contributed by atoms with Gasteiger partial charge in [-0.1, -0.05) is 5.16 Å². The van der Waals surface area contributed by atoms with Crippen molar-refractivity contribution in [3.8, 4) is 23.0 Å². The molecule has 6 nitrogen and oxygen atoms in total.